The van der Waals surface area contributed by atoms with Gasteiger partial charge in [0.25, 0.3) is 0 Å². The number of nitrogens with one attached hydrogen (secondary N) is 1. The van der Waals surface area contributed by atoms with Crippen molar-refractivity contribution in [2.75, 3.05) is 5.32 Å². The molecular formula is C13H14BrF3N2O2. The monoisotopic (exact) mass is 366 g/mol. The van der Waals surface area contributed by atoms with Gasteiger partial charge in [0, 0.05) is 4.47 Å². The molecule has 21 heavy (non-hydrogen) atoms. The van der Waals surface area contributed by atoms with Gasteiger partial charge in [-0.25, -0.2) is 0 Å². The summed E-state index contributed by atoms with van der Waals surface area (Å²) in [6.07, 6.45) is -3.16. The van der Waals surface area contributed by atoms with E-state index in [9.17, 15) is 18.0 Å². The minimum absolute atomic E-state index is 0.0555. The van der Waals surface area contributed by atoms with Crippen LogP contribution >= 0.6 is 15.9 Å². The van der Waals surface area contributed by atoms with Crippen LogP contribution in [0.2, 0.25) is 0 Å². The van der Waals surface area contributed by atoms with Crippen molar-refractivity contribution < 1.29 is 22.7 Å². The first-order valence-corrected chi connectivity index (χ1v) is 7.04. The zero-order valence-electron chi connectivity index (χ0n) is 11.1. The highest BCUT2D eigenvalue weighted by atomic mass is 79.9. The van der Waals surface area contributed by atoms with Crippen molar-refractivity contribution in [3.05, 3.63) is 22.7 Å². The fourth-order valence-corrected chi connectivity index (χ4v) is 2.27. The van der Waals surface area contributed by atoms with E-state index in [0.29, 0.717) is 4.47 Å². The van der Waals surface area contributed by atoms with Crippen molar-refractivity contribution in [3.63, 3.8) is 0 Å². The standard InChI is InChI=1S/C13H14BrF3N2O2/c1-12(18,7-2-3-7)11(20)19-9-5-4-8(14)6-10(9)21-13(15,16)17/h4-7H,2-3,18H2,1H3,(H,19,20). The average molecular weight is 367 g/mol. The smallest absolute Gasteiger partial charge is 0.404 e. The van der Waals surface area contributed by atoms with E-state index in [2.05, 4.69) is 26.0 Å². The Bertz CT molecular complexity index is 557. The normalized spacial score (nSPS) is 18.0. The molecule has 1 aliphatic carbocycles. The van der Waals surface area contributed by atoms with Gasteiger partial charge in [0.1, 0.15) is 0 Å². The van der Waals surface area contributed by atoms with Crippen molar-refractivity contribution >= 4 is 27.5 Å². The largest absolute Gasteiger partial charge is 0.573 e. The predicted octanol–water partition coefficient (Wildman–Crippen LogP) is 3.41. The number of benzene rings is 1. The summed E-state index contributed by atoms with van der Waals surface area (Å²) in [6.45, 7) is 1.57. The Balaban J connectivity index is 2.21. The lowest BCUT2D eigenvalue weighted by molar-refractivity contribution is -0.274. The van der Waals surface area contributed by atoms with E-state index in [1.165, 1.54) is 12.1 Å². The van der Waals surface area contributed by atoms with Gasteiger partial charge in [0.05, 0.1) is 11.2 Å². The van der Waals surface area contributed by atoms with E-state index in [4.69, 9.17) is 5.73 Å². The molecule has 2 rings (SSSR count). The number of alkyl halides is 3. The molecule has 0 saturated heterocycles. The first-order chi connectivity index (χ1) is 9.59. The zero-order valence-corrected chi connectivity index (χ0v) is 12.7. The Labute approximate surface area is 128 Å². The maximum absolute atomic E-state index is 12.4. The van der Waals surface area contributed by atoms with E-state index >= 15 is 0 Å². The number of hydrogen-bond acceptors (Lipinski definition) is 3. The second-order valence-electron chi connectivity index (χ2n) is 5.20. The highest BCUT2D eigenvalue weighted by Gasteiger charge is 2.44. The van der Waals surface area contributed by atoms with Crippen LogP contribution in [-0.2, 0) is 4.79 Å². The van der Waals surface area contributed by atoms with Gasteiger partial charge < -0.3 is 15.8 Å². The van der Waals surface area contributed by atoms with Crippen LogP contribution in [0.4, 0.5) is 18.9 Å². The molecule has 1 atom stereocenters. The number of halogens is 4. The summed E-state index contributed by atoms with van der Waals surface area (Å²) in [6, 6.07) is 3.96. The lowest BCUT2D eigenvalue weighted by Crippen LogP contribution is -2.50. The topological polar surface area (TPSA) is 64.4 Å². The number of hydrogen-bond donors (Lipinski definition) is 2. The average Bonchev–Trinajstić information content (AvgIpc) is 3.14. The molecule has 0 heterocycles. The maximum atomic E-state index is 12.4. The molecule has 1 fully saturated rings. The van der Waals surface area contributed by atoms with Crippen LogP contribution in [0.15, 0.2) is 22.7 Å². The molecular weight excluding hydrogens is 353 g/mol. The van der Waals surface area contributed by atoms with Gasteiger partial charge in [0.2, 0.25) is 5.91 Å². The molecule has 116 valence electrons. The molecule has 1 aromatic rings. The van der Waals surface area contributed by atoms with E-state index in [-0.39, 0.29) is 11.6 Å². The minimum Gasteiger partial charge on any atom is -0.404 e. The second kappa shape index (κ2) is 5.49. The minimum atomic E-state index is -4.84. The fourth-order valence-electron chi connectivity index (χ4n) is 1.93. The van der Waals surface area contributed by atoms with Gasteiger partial charge in [-0.05, 0) is 43.9 Å². The summed E-state index contributed by atoms with van der Waals surface area (Å²) in [5.41, 5.74) is 4.76. The lowest BCUT2D eigenvalue weighted by Gasteiger charge is -2.24. The van der Waals surface area contributed by atoms with Crippen LogP contribution in [-0.4, -0.2) is 17.8 Å². The van der Waals surface area contributed by atoms with Gasteiger partial charge in [-0.15, -0.1) is 13.2 Å². The first kappa shape index (κ1) is 16.1. The SMILES string of the molecule is CC(N)(C(=O)Nc1ccc(Br)cc1OC(F)(F)F)C1CC1. The van der Waals surface area contributed by atoms with E-state index in [1.807, 2.05) is 0 Å². The van der Waals surface area contributed by atoms with E-state index in [1.54, 1.807) is 6.92 Å². The molecule has 0 spiro atoms. The third kappa shape index (κ3) is 4.10. The zero-order chi connectivity index (χ0) is 15.8. The Hall–Kier alpha value is -1.28. The fraction of sp³-hybridized carbons (Fsp3) is 0.462. The number of carbonyl (C=O) groups excluding carboxylic acids is 1. The molecule has 8 heteroatoms. The molecule has 1 aromatic carbocycles. The molecule has 4 nitrogen and oxygen atoms in total. The molecule has 0 aliphatic heterocycles. The second-order valence-corrected chi connectivity index (χ2v) is 6.12. The molecule has 1 amide bonds. The highest BCUT2D eigenvalue weighted by molar-refractivity contribution is 9.10. The predicted molar refractivity (Wildman–Crippen MR) is 74.8 cm³/mol. The lowest BCUT2D eigenvalue weighted by atomic mass is 9.96. The van der Waals surface area contributed by atoms with Crippen LogP contribution in [0, 0.1) is 5.92 Å². The molecule has 0 radical (unpaired) electrons. The van der Waals surface area contributed by atoms with Crippen LogP contribution in [0.3, 0.4) is 0 Å². The first-order valence-electron chi connectivity index (χ1n) is 6.25. The van der Waals surface area contributed by atoms with E-state index < -0.39 is 23.6 Å². The number of nitrogens with two attached hydrogens (primary N) is 1. The Morgan fingerprint density at radius 2 is 2.05 bits per heavy atom. The summed E-state index contributed by atoms with van der Waals surface area (Å²) >= 11 is 3.06. The van der Waals surface area contributed by atoms with Gasteiger partial charge in [-0.3, -0.25) is 4.79 Å². The number of amides is 1. The number of rotatable bonds is 4. The quantitative estimate of drug-likeness (QED) is 0.857. The number of anilines is 1. The summed E-state index contributed by atoms with van der Waals surface area (Å²) < 4.78 is 41.5. The van der Waals surface area contributed by atoms with Crippen molar-refractivity contribution in [2.24, 2.45) is 11.7 Å². The van der Waals surface area contributed by atoms with Crippen molar-refractivity contribution in [1.82, 2.24) is 0 Å². The van der Waals surface area contributed by atoms with Crippen LogP contribution < -0.4 is 15.8 Å². The molecule has 0 aromatic heterocycles. The summed E-state index contributed by atoms with van der Waals surface area (Å²) in [4.78, 5) is 12.1. The van der Waals surface area contributed by atoms with Gasteiger partial charge >= 0.3 is 6.36 Å². The Morgan fingerprint density at radius 1 is 1.43 bits per heavy atom. The molecule has 1 aliphatic rings. The van der Waals surface area contributed by atoms with Crippen LogP contribution in [0.25, 0.3) is 0 Å². The third-order valence-corrected chi connectivity index (χ3v) is 3.83. The maximum Gasteiger partial charge on any atom is 0.573 e. The van der Waals surface area contributed by atoms with E-state index in [0.717, 1.165) is 18.9 Å². The molecule has 1 unspecified atom stereocenters. The third-order valence-electron chi connectivity index (χ3n) is 3.33. The molecule has 0 bridgehead atoms. The summed E-state index contributed by atoms with van der Waals surface area (Å²) in [5, 5.41) is 2.41. The molecule has 1 saturated carbocycles. The van der Waals surface area contributed by atoms with Crippen LogP contribution in [0.5, 0.6) is 5.75 Å². The van der Waals surface area contributed by atoms with Gasteiger partial charge in [-0.1, -0.05) is 15.9 Å². The van der Waals surface area contributed by atoms with Crippen LogP contribution in [0.1, 0.15) is 19.8 Å². The van der Waals surface area contributed by atoms with Crippen molar-refractivity contribution in [2.45, 2.75) is 31.7 Å². The highest BCUT2D eigenvalue weighted by Crippen LogP contribution is 2.39. The van der Waals surface area contributed by atoms with Crippen molar-refractivity contribution in [1.29, 1.82) is 0 Å². The van der Waals surface area contributed by atoms with Gasteiger partial charge in [0.15, 0.2) is 5.75 Å². The Morgan fingerprint density at radius 3 is 2.57 bits per heavy atom. The number of ether oxygens (including phenoxy) is 1. The number of carbonyl (C=O) groups is 1. The summed E-state index contributed by atoms with van der Waals surface area (Å²) in [7, 11) is 0. The Kier molecular flexibility index (Phi) is 4.21. The van der Waals surface area contributed by atoms with Crippen molar-refractivity contribution in [3.8, 4) is 5.75 Å². The molecule has 3 N–H and O–H groups in total. The summed E-state index contributed by atoms with van der Waals surface area (Å²) in [5.74, 6) is -0.962. The van der Waals surface area contributed by atoms with Gasteiger partial charge in [-0.2, -0.15) is 0 Å².